The van der Waals surface area contributed by atoms with Crippen LogP contribution in [0.1, 0.15) is 13.3 Å². The maximum atomic E-state index is 11.8. The van der Waals surface area contributed by atoms with Crippen molar-refractivity contribution in [3.63, 3.8) is 0 Å². The molecule has 0 aromatic heterocycles. The number of carbonyl (C=O) groups is 2. The fraction of sp³-hybridized carbons (Fsp3) is 0.333. The minimum absolute atomic E-state index is 0.0885. The van der Waals surface area contributed by atoms with E-state index in [1.807, 2.05) is 18.2 Å². The predicted octanol–water partition coefficient (Wildman–Crippen LogP) is 2.47. The van der Waals surface area contributed by atoms with Crippen molar-refractivity contribution in [2.75, 3.05) is 6.54 Å². The average Bonchev–Trinajstić information content (AvgIpc) is 2.57. The number of carbonyl (C=O) groups excluding carboxylic acids is 2. The van der Waals surface area contributed by atoms with Crippen molar-refractivity contribution in [1.29, 1.82) is 0 Å². The smallest absolute Gasteiger partial charge is 0.328 e. The van der Waals surface area contributed by atoms with Gasteiger partial charge in [0.15, 0.2) is 0 Å². The van der Waals surface area contributed by atoms with Crippen LogP contribution in [0.2, 0.25) is 19.6 Å². The molecule has 1 aromatic carbocycles. The van der Waals surface area contributed by atoms with Crippen LogP contribution in [0.25, 0.3) is 0 Å². The lowest BCUT2D eigenvalue weighted by Gasteiger charge is -2.26. The second-order valence-electron chi connectivity index (χ2n) is 6.98. The van der Waals surface area contributed by atoms with Gasteiger partial charge in [0.05, 0.1) is 14.3 Å². The first-order chi connectivity index (χ1) is 12.2. The van der Waals surface area contributed by atoms with E-state index in [-0.39, 0.29) is 18.3 Å². The van der Waals surface area contributed by atoms with Gasteiger partial charge in [-0.3, -0.25) is 15.0 Å². The number of benzene rings is 1. The number of hydrogen-bond acceptors (Lipinski definition) is 4. The summed E-state index contributed by atoms with van der Waals surface area (Å²) < 4.78 is 5.71. The Hall–Kier alpha value is -2.74. The van der Waals surface area contributed by atoms with Crippen molar-refractivity contribution < 1.29 is 14.3 Å². The second kappa shape index (κ2) is 8.09. The van der Waals surface area contributed by atoms with Crippen LogP contribution in [-0.2, 0) is 4.79 Å². The maximum Gasteiger partial charge on any atom is 0.328 e. The Morgan fingerprint density at radius 2 is 2.08 bits per heavy atom. The lowest BCUT2D eigenvalue weighted by atomic mass is 10.3. The Balaban J connectivity index is 2.14. The molecule has 1 aliphatic rings. The molecule has 0 saturated carbocycles. The SMILES string of the molecule is C=NC(=N/C=C(\C)N1CCC(=O)NC1=O)Oc1cccc([Si](C)(C)C)c1. The maximum absolute atomic E-state index is 11.8. The highest BCUT2D eigenvalue weighted by atomic mass is 28.3. The third kappa shape index (κ3) is 5.12. The van der Waals surface area contributed by atoms with Gasteiger partial charge in [0, 0.05) is 18.7 Å². The van der Waals surface area contributed by atoms with Crippen molar-refractivity contribution >= 4 is 37.9 Å². The Bertz CT molecular complexity index is 781. The molecular formula is C18H24N4O3Si. The molecule has 0 radical (unpaired) electrons. The zero-order valence-electron chi connectivity index (χ0n) is 15.6. The Kier molecular flexibility index (Phi) is 6.09. The highest BCUT2D eigenvalue weighted by Crippen LogP contribution is 2.13. The van der Waals surface area contributed by atoms with Crippen molar-refractivity contribution in [3.05, 3.63) is 36.2 Å². The summed E-state index contributed by atoms with van der Waals surface area (Å²) in [4.78, 5) is 32.4. The van der Waals surface area contributed by atoms with Gasteiger partial charge < -0.3 is 4.74 Å². The summed E-state index contributed by atoms with van der Waals surface area (Å²) >= 11 is 0. The molecule has 1 saturated heterocycles. The number of amides is 3. The van der Waals surface area contributed by atoms with Gasteiger partial charge in [-0.05, 0) is 25.8 Å². The van der Waals surface area contributed by atoms with E-state index < -0.39 is 14.1 Å². The van der Waals surface area contributed by atoms with Gasteiger partial charge in [-0.2, -0.15) is 0 Å². The van der Waals surface area contributed by atoms with Gasteiger partial charge in [0.25, 0.3) is 0 Å². The van der Waals surface area contributed by atoms with Crippen LogP contribution in [0.4, 0.5) is 4.79 Å². The van der Waals surface area contributed by atoms with Gasteiger partial charge in [0.2, 0.25) is 5.91 Å². The number of nitrogens with zero attached hydrogens (tertiary/aromatic N) is 3. The number of imide groups is 1. The molecule has 1 aromatic rings. The van der Waals surface area contributed by atoms with E-state index in [9.17, 15) is 9.59 Å². The summed E-state index contributed by atoms with van der Waals surface area (Å²) in [7, 11) is -1.45. The summed E-state index contributed by atoms with van der Waals surface area (Å²) in [6.45, 7) is 12.3. The molecule has 1 fully saturated rings. The van der Waals surface area contributed by atoms with Gasteiger partial charge >= 0.3 is 12.1 Å². The monoisotopic (exact) mass is 372 g/mol. The lowest BCUT2D eigenvalue weighted by Crippen LogP contribution is -2.48. The summed E-state index contributed by atoms with van der Waals surface area (Å²) in [5.41, 5.74) is 0.579. The van der Waals surface area contributed by atoms with Crippen LogP contribution in [0.3, 0.4) is 0 Å². The lowest BCUT2D eigenvalue weighted by molar-refractivity contribution is -0.121. The molecular weight excluding hydrogens is 348 g/mol. The number of nitrogens with one attached hydrogen (secondary N) is 1. The number of ether oxygens (including phenoxy) is 1. The molecule has 1 N–H and O–H groups in total. The van der Waals surface area contributed by atoms with Crippen LogP contribution in [0, 0.1) is 0 Å². The normalized spacial score (nSPS) is 16.4. The molecule has 7 nitrogen and oxygen atoms in total. The molecule has 1 heterocycles. The Labute approximate surface area is 154 Å². The minimum Gasteiger partial charge on any atom is -0.424 e. The molecule has 0 spiro atoms. The van der Waals surface area contributed by atoms with E-state index in [2.05, 4.69) is 47.7 Å². The molecule has 26 heavy (non-hydrogen) atoms. The van der Waals surface area contributed by atoms with E-state index in [4.69, 9.17) is 4.74 Å². The Morgan fingerprint density at radius 3 is 2.69 bits per heavy atom. The zero-order valence-corrected chi connectivity index (χ0v) is 16.6. The molecule has 3 amide bonds. The van der Waals surface area contributed by atoms with Crippen LogP contribution >= 0.6 is 0 Å². The van der Waals surface area contributed by atoms with Crippen LogP contribution in [-0.4, -0.2) is 44.2 Å². The quantitative estimate of drug-likeness (QED) is 0.501. The first-order valence-corrected chi connectivity index (χ1v) is 11.8. The number of aliphatic imine (C=N–C) groups is 2. The number of allylic oxidation sites excluding steroid dienone is 1. The van der Waals surface area contributed by atoms with E-state index in [1.165, 1.54) is 16.3 Å². The van der Waals surface area contributed by atoms with Crippen LogP contribution in [0.5, 0.6) is 5.75 Å². The summed E-state index contributed by atoms with van der Waals surface area (Å²) in [5, 5.41) is 3.53. The fourth-order valence-corrected chi connectivity index (χ4v) is 3.52. The minimum atomic E-state index is -1.45. The van der Waals surface area contributed by atoms with Gasteiger partial charge in [-0.25, -0.2) is 14.8 Å². The average molecular weight is 373 g/mol. The predicted molar refractivity (Wildman–Crippen MR) is 106 cm³/mol. The van der Waals surface area contributed by atoms with Crippen LogP contribution in [0.15, 0.2) is 46.1 Å². The molecule has 0 bridgehead atoms. The van der Waals surface area contributed by atoms with Gasteiger partial charge in [0.1, 0.15) is 5.75 Å². The third-order valence-electron chi connectivity index (χ3n) is 3.89. The number of amidine groups is 1. The first-order valence-electron chi connectivity index (χ1n) is 8.32. The van der Waals surface area contributed by atoms with E-state index in [0.29, 0.717) is 18.0 Å². The number of hydrogen-bond donors (Lipinski definition) is 1. The third-order valence-corrected chi connectivity index (χ3v) is 5.93. The van der Waals surface area contributed by atoms with E-state index in [1.54, 1.807) is 6.92 Å². The van der Waals surface area contributed by atoms with E-state index in [0.717, 1.165) is 0 Å². The molecule has 1 aliphatic heterocycles. The highest BCUT2D eigenvalue weighted by molar-refractivity contribution is 6.88. The van der Waals surface area contributed by atoms with Gasteiger partial charge in [-0.15, -0.1) is 0 Å². The molecule has 2 rings (SSSR count). The van der Waals surface area contributed by atoms with Gasteiger partial charge in [-0.1, -0.05) is 37.0 Å². The fourth-order valence-electron chi connectivity index (χ4n) is 2.35. The van der Waals surface area contributed by atoms with Crippen LogP contribution < -0.4 is 15.2 Å². The standard InChI is InChI=1S/C18H24N4O3Si/c1-13(22-10-9-16(23)21-18(22)24)12-20-17(19-2)25-14-7-6-8-15(11-14)26(3,4)5/h6-8,11-12H,2,9-10H2,1,3-5H3,(H,21,23,24)/b13-12+,20-17?. The van der Waals surface area contributed by atoms with Crippen molar-refractivity contribution in [1.82, 2.24) is 10.2 Å². The zero-order chi connectivity index (χ0) is 19.3. The number of urea groups is 1. The first kappa shape index (κ1) is 19.6. The summed E-state index contributed by atoms with van der Waals surface area (Å²) in [5.74, 6) is 0.366. The molecule has 138 valence electrons. The molecule has 0 atom stereocenters. The number of rotatable bonds is 4. The molecule has 0 aliphatic carbocycles. The summed E-state index contributed by atoms with van der Waals surface area (Å²) in [6, 6.07) is 7.50. The van der Waals surface area contributed by atoms with E-state index >= 15 is 0 Å². The van der Waals surface area contributed by atoms with Crippen molar-refractivity contribution in [2.45, 2.75) is 33.0 Å². The highest BCUT2D eigenvalue weighted by Gasteiger charge is 2.23. The topological polar surface area (TPSA) is 83.4 Å². The van der Waals surface area contributed by atoms with Crippen molar-refractivity contribution in [2.24, 2.45) is 9.98 Å². The summed E-state index contributed by atoms with van der Waals surface area (Å²) in [6.07, 6.45) is 1.73. The van der Waals surface area contributed by atoms with Crippen molar-refractivity contribution in [3.8, 4) is 5.75 Å². The molecule has 8 heteroatoms. The largest absolute Gasteiger partial charge is 0.424 e. The Morgan fingerprint density at radius 1 is 1.35 bits per heavy atom. The second-order valence-corrected chi connectivity index (χ2v) is 12.1. The molecule has 0 unspecified atom stereocenters.